The average Bonchev–Trinajstić information content (AvgIpc) is 2.64. The fraction of sp³-hybridized carbons (Fsp3) is 0.263. The van der Waals surface area contributed by atoms with Gasteiger partial charge in [0, 0.05) is 43.4 Å². The van der Waals surface area contributed by atoms with E-state index in [0.717, 1.165) is 54.4 Å². The molecule has 1 aliphatic heterocycles. The van der Waals surface area contributed by atoms with Gasteiger partial charge in [0.2, 0.25) is 0 Å². The van der Waals surface area contributed by atoms with Crippen LogP contribution in [0.3, 0.4) is 0 Å². The first-order chi connectivity index (χ1) is 12.2. The minimum Gasteiger partial charge on any atom is -0.457 e. The van der Waals surface area contributed by atoms with Crippen molar-refractivity contribution in [2.45, 2.75) is 0 Å². The number of benzene rings is 1. The molecule has 1 aromatic carbocycles. The minimum absolute atomic E-state index is 0.716. The van der Waals surface area contributed by atoms with Gasteiger partial charge < -0.3 is 20.3 Å². The molecule has 128 valence electrons. The Hall–Kier alpha value is -2.86. The second kappa shape index (κ2) is 6.57. The highest BCUT2D eigenvalue weighted by Gasteiger charge is 2.16. The standard InChI is InChI=1S/C19H21N5O/c1-23-8-10-24(11-9-23)19-12-16-17(13-22-19)21-7-6-18(16)25-15-4-2-14(20)3-5-15/h2-7,12-13H,8-11,20H2,1H3. The van der Waals surface area contributed by atoms with Crippen LogP contribution in [-0.4, -0.2) is 48.1 Å². The van der Waals surface area contributed by atoms with Crippen molar-refractivity contribution in [3.05, 3.63) is 48.8 Å². The van der Waals surface area contributed by atoms with Crippen LogP contribution in [0.2, 0.25) is 0 Å². The Labute approximate surface area is 146 Å². The molecule has 1 fully saturated rings. The zero-order valence-corrected chi connectivity index (χ0v) is 14.2. The lowest BCUT2D eigenvalue weighted by Gasteiger charge is -2.33. The fourth-order valence-corrected chi connectivity index (χ4v) is 2.97. The third-order valence-corrected chi connectivity index (χ3v) is 4.51. The Morgan fingerprint density at radius 2 is 1.76 bits per heavy atom. The van der Waals surface area contributed by atoms with Gasteiger partial charge in [-0.15, -0.1) is 0 Å². The van der Waals surface area contributed by atoms with Crippen molar-refractivity contribution in [2.24, 2.45) is 0 Å². The van der Waals surface area contributed by atoms with E-state index in [1.807, 2.05) is 36.5 Å². The third-order valence-electron chi connectivity index (χ3n) is 4.51. The maximum Gasteiger partial charge on any atom is 0.138 e. The number of fused-ring (bicyclic) bond motifs is 1. The smallest absolute Gasteiger partial charge is 0.138 e. The number of likely N-dealkylation sites (N-methyl/N-ethyl adjacent to an activating group) is 1. The van der Waals surface area contributed by atoms with Crippen LogP contribution in [0.15, 0.2) is 48.8 Å². The third kappa shape index (κ3) is 3.34. The summed E-state index contributed by atoms with van der Waals surface area (Å²) >= 11 is 0. The largest absolute Gasteiger partial charge is 0.457 e. The number of nitrogen functional groups attached to an aromatic ring is 1. The van der Waals surface area contributed by atoms with Crippen molar-refractivity contribution in [1.29, 1.82) is 0 Å². The van der Waals surface area contributed by atoms with Gasteiger partial charge in [0.15, 0.2) is 0 Å². The SMILES string of the molecule is CN1CCN(c2cc3c(Oc4ccc(N)cc4)ccnc3cn2)CC1. The molecule has 2 N–H and O–H groups in total. The molecular formula is C19H21N5O. The number of anilines is 2. The lowest BCUT2D eigenvalue weighted by molar-refractivity contribution is 0.312. The van der Waals surface area contributed by atoms with Gasteiger partial charge in [-0.2, -0.15) is 0 Å². The first kappa shape index (κ1) is 15.7. The van der Waals surface area contributed by atoms with E-state index in [4.69, 9.17) is 10.5 Å². The molecule has 25 heavy (non-hydrogen) atoms. The molecule has 3 heterocycles. The Morgan fingerprint density at radius 1 is 1.00 bits per heavy atom. The van der Waals surface area contributed by atoms with E-state index in [1.165, 1.54) is 0 Å². The van der Waals surface area contributed by atoms with Crippen molar-refractivity contribution in [1.82, 2.24) is 14.9 Å². The van der Waals surface area contributed by atoms with Crippen molar-refractivity contribution in [3.63, 3.8) is 0 Å². The molecule has 0 spiro atoms. The maximum absolute atomic E-state index is 6.06. The van der Waals surface area contributed by atoms with Gasteiger partial charge in [-0.05, 0) is 43.4 Å². The molecule has 3 aromatic rings. The van der Waals surface area contributed by atoms with Gasteiger partial charge in [0.05, 0.1) is 11.7 Å². The molecular weight excluding hydrogens is 314 g/mol. The number of nitrogens with zero attached hydrogens (tertiary/aromatic N) is 4. The van der Waals surface area contributed by atoms with Crippen LogP contribution >= 0.6 is 0 Å². The molecule has 6 heteroatoms. The lowest BCUT2D eigenvalue weighted by Crippen LogP contribution is -2.44. The van der Waals surface area contributed by atoms with Gasteiger partial charge in [0.25, 0.3) is 0 Å². The summed E-state index contributed by atoms with van der Waals surface area (Å²) in [6.07, 6.45) is 3.56. The molecule has 0 bridgehead atoms. The van der Waals surface area contributed by atoms with Crippen LogP contribution in [-0.2, 0) is 0 Å². The van der Waals surface area contributed by atoms with E-state index in [9.17, 15) is 0 Å². The Bertz CT molecular complexity index is 873. The number of hydrogen-bond donors (Lipinski definition) is 1. The van der Waals surface area contributed by atoms with E-state index >= 15 is 0 Å². The molecule has 4 rings (SSSR count). The van der Waals surface area contributed by atoms with Gasteiger partial charge in [-0.1, -0.05) is 0 Å². The molecule has 0 aliphatic carbocycles. The monoisotopic (exact) mass is 335 g/mol. The topological polar surface area (TPSA) is 67.5 Å². The van der Waals surface area contributed by atoms with Crippen molar-refractivity contribution in [3.8, 4) is 11.5 Å². The predicted molar refractivity (Wildman–Crippen MR) is 100 cm³/mol. The van der Waals surface area contributed by atoms with E-state index in [0.29, 0.717) is 5.69 Å². The predicted octanol–water partition coefficient (Wildman–Crippen LogP) is 2.76. The van der Waals surface area contributed by atoms with Crippen LogP contribution in [0.25, 0.3) is 10.9 Å². The van der Waals surface area contributed by atoms with Crippen molar-refractivity contribution in [2.75, 3.05) is 43.9 Å². The summed E-state index contributed by atoms with van der Waals surface area (Å²) in [7, 11) is 2.15. The highest BCUT2D eigenvalue weighted by atomic mass is 16.5. The summed E-state index contributed by atoms with van der Waals surface area (Å²) in [6, 6.07) is 11.3. The second-order valence-electron chi connectivity index (χ2n) is 6.33. The molecule has 0 amide bonds. The lowest BCUT2D eigenvalue weighted by atomic mass is 10.2. The van der Waals surface area contributed by atoms with Gasteiger partial charge >= 0.3 is 0 Å². The maximum atomic E-state index is 6.06. The summed E-state index contributed by atoms with van der Waals surface area (Å²) in [5, 5.41) is 0.961. The highest BCUT2D eigenvalue weighted by Crippen LogP contribution is 2.31. The number of nitrogens with two attached hydrogens (primary N) is 1. The Morgan fingerprint density at radius 3 is 2.52 bits per heavy atom. The summed E-state index contributed by atoms with van der Waals surface area (Å²) in [5.41, 5.74) is 7.28. The summed E-state index contributed by atoms with van der Waals surface area (Å²) < 4.78 is 6.06. The second-order valence-corrected chi connectivity index (χ2v) is 6.33. The van der Waals surface area contributed by atoms with E-state index in [2.05, 4.69) is 32.9 Å². The number of ether oxygens (including phenoxy) is 1. The fourth-order valence-electron chi connectivity index (χ4n) is 2.97. The number of aromatic nitrogens is 2. The van der Waals surface area contributed by atoms with Crippen molar-refractivity contribution < 1.29 is 4.74 Å². The molecule has 2 aromatic heterocycles. The first-order valence-electron chi connectivity index (χ1n) is 8.41. The summed E-state index contributed by atoms with van der Waals surface area (Å²) in [5.74, 6) is 2.49. The number of pyridine rings is 2. The van der Waals surface area contributed by atoms with Gasteiger partial charge in [-0.3, -0.25) is 4.98 Å². The van der Waals surface area contributed by atoms with Gasteiger partial charge in [-0.25, -0.2) is 4.98 Å². The van der Waals surface area contributed by atoms with Crippen LogP contribution in [0.4, 0.5) is 11.5 Å². The van der Waals surface area contributed by atoms with Crippen LogP contribution in [0, 0.1) is 0 Å². The zero-order chi connectivity index (χ0) is 17.2. The number of rotatable bonds is 3. The zero-order valence-electron chi connectivity index (χ0n) is 14.2. The Kier molecular flexibility index (Phi) is 4.11. The summed E-state index contributed by atoms with van der Waals surface area (Å²) in [4.78, 5) is 13.6. The first-order valence-corrected chi connectivity index (χ1v) is 8.41. The molecule has 1 aliphatic rings. The number of hydrogen-bond acceptors (Lipinski definition) is 6. The van der Waals surface area contributed by atoms with Gasteiger partial charge in [0.1, 0.15) is 17.3 Å². The van der Waals surface area contributed by atoms with Crippen LogP contribution in [0.5, 0.6) is 11.5 Å². The molecule has 0 atom stereocenters. The van der Waals surface area contributed by atoms with E-state index < -0.39 is 0 Å². The van der Waals surface area contributed by atoms with Crippen LogP contribution in [0.1, 0.15) is 0 Å². The van der Waals surface area contributed by atoms with E-state index in [-0.39, 0.29) is 0 Å². The minimum atomic E-state index is 0.716. The average molecular weight is 335 g/mol. The molecule has 0 unspecified atom stereocenters. The molecule has 6 nitrogen and oxygen atoms in total. The van der Waals surface area contributed by atoms with Crippen molar-refractivity contribution >= 4 is 22.4 Å². The Balaban J connectivity index is 1.67. The highest BCUT2D eigenvalue weighted by molar-refractivity contribution is 5.86. The van der Waals surface area contributed by atoms with Crippen LogP contribution < -0.4 is 15.4 Å². The summed E-state index contributed by atoms with van der Waals surface area (Å²) in [6.45, 7) is 4.04. The normalized spacial score (nSPS) is 15.5. The quantitative estimate of drug-likeness (QED) is 0.742. The molecule has 0 radical (unpaired) electrons. The number of piperazine rings is 1. The molecule has 0 saturated carbocycles. The van der Waals surface area contributed by atoms with E-state index in [1.54, 1.807) is 6.20 Å². The molecule has 1 saturated heterocycles.